The molecule has 0 spiro atoms. The quantitative estimate of drug-likeness (QED) is 0.638. The van der Waals surface area contributed by atoms with Crippen molar-refractivity contribution in [1.82, 2.24) is 15.1 Å². The van der Waals surface area contributed by atoms with Crippen molar-refractivity contribution in [2.24, 2.45) is 10.9 Å². The Morgan fingerprint density at radius 2 is 1.89 bits per heavy atom. The van der Waals surface area contributed by atoms with E-state index in [4.69, 9.17) is 4.99 Å². The van der Waals surface area contributed by atoms with Gasteiger partial charge in [0, 0.05) is 38.8 Å². The normalized spacial score (nSPS) is 24.3. The zero-order valence-electron chi connectivity index (χ0n) is 16.7. The number of likely N-dealkylation sites (tertiary alicyclic amines) is 2. The van der Waals surface area contributed by atoms with Crippen LogP contribution in [0.1, 0.15) is 44.6 Å². The van der Waals surface area contributed by atoms with Gasteiger partial charge in [-0.3, -0.25) is 4.99 Å². The molecule has 0 amide bonds. The zero-order valence-corrected chi connectivity index (χ0v) is 16.7. The van der Waals surface area contributed by atoms with E-state index >= 15 is 0 Å². The highest BCUT2D eigenvalue weighted by molar-refractivity contribution is 5.80. The lowest BCUT2D eigenvalue weighted by Gasteiger charge is -2.31. The maximum absolute atomic E-state index is 5.03. The lowest BCUT2D eigenvalue weighted by molar-refractivity contribution is 0.315. The summed E-state index contributed by atoms with van der Waals surface area (Å²) in [6.45, 7) is 8.79. The molecular formula is C23H34N4. The third-order valence-corrected chi connectivity index (χ3v) is 6.09. The number of hydrogen-bond donors (Lipinski definition) is 1. The minimum atomic E-state index is 0.748. The molecule has 1 atom stereocenters. The first kappa shape index (κ1) is 18.5. The fourth-order valence-electron chi connectivity index (χ4n) is 4.36. The van der Waals surface area contributed by atoms with Gasteiger partial charge in [-0.05, 0) is 57.1 Å². The second-order valence-corrected chi connectivity index (χ2v) is 8.28. The Hall–Kier alpha value is -1.81. The van der Waals surface area contributed by atoms with E-state index < -0.39 is 0 Å². The number of benzene rings is 1. The third kappa shape index (κ3) is 5.13. The summed E-state index contributed by atoms with van der Waals surface area (Å²) in [4.78, 5) is 10.2. The summed E-state index contributed by atoms with van der Waals surface area (Å²) in [6, 6.07) is 11.6. The van der Waals surface area contributed by atoms with E-state index in [1.807, 2.05) is 0 Å². The molecule has 27 heavy (non-hydrogen) atoms. The van der Waals surface area contributed by atoms with Crippen molar-refractivity contribution < 1.29 is 0 Å². The van der Waals surface area contributed by atoms with Gasteiger partial charge in [0.2, 0.25) is 0 Å². The fraction of sp³-hybridized carbons (Fsp3) is 0.609. The molecule has 4 nitrogen and oxygen atoms in total. The Morgan fingerprint density at radius 1 is 1.11 bits per heavy atom. The number of guanidine groups is 1. The Balaban J connectivity index is 1.30. The second-order valence-electron chi connectivity index (χ2n) is 8.28. The summed E-state index contributed by atoms with van der Waals surface area (Å²) in [5, 5.41) is 3.53. The van der Waals surface area contributed by atoms with Gasteiger partial charge in [0.05, 0.1) is 0 Å². The first-order chi connectivity index (χ1) is 13.3. The minimum absolute atomic E-state index is 0.748. The van der Waals surface area contributed by atoms with Crippen LogP contribution in [0, 0.1) is 5.92 Å². The van der Waals surface area contributed by atoms with E-state index in [0.717, 1.165) is 56.9 Å². The SMILES string of the molecule is CCNC(=NCC1CCN(C2CC2)C1)N1CCC(=Cc2ccccc2)CC1. The van der Waals surface area contributed by atoms with Crippen LogP contribution in [0.5, 0.6) is 0 Å². The largest absolute Gasteiger partial charge is 0.357 e. The molecule has 1 unspecified atom stereocenters. The molecule has 146 valence electrons. The minimum Gasteiger partial charge on any atom is -0.357 e. The summed E-state index contributed by atoms with van der Waals surface area (Å²) in [6.07, 6.45) is 8.81. The molecule has 1 aliphatic carbocycles. The molecule has 0 radical (unpaired) electrons. The maximum Gasteiger partial charge on any atom is 0.193 e. The van der Waals surface area contributed by atoms with Gasteiger partial charge in [-0.25, -0.2) is 0 Å². The molecule has 0 aromatic heterocycles. The molecule has 0 bridgehead atoms. The van der Waals surface area contributed by atoms with Crippen LogP contribution in [0.2, 0.25) is 0 Å². The van der Waals surface area contributed by atoms with Crippen LogP contribution in [-0.2, 0) is 0 Å². The number of hydrogen-bond acceptors (Lipinski definition) is 2. The van der Waals surface area contributed by atoms with Crippen LogP contribution < -0.4 is 5.32 Å². The van der Waals surface area contributed by atoms with Gasteiger partial charge in [0.1, 0.15) is 0 Å². The Kier molecular flexibility index (Phi) is 6.13. The predicted octanol–water partition coefficient (Wildman–Crippen LogP) is 3.62. The van der Waals surface area contributed by atoms with Gasteiger partial charge in [-0.15, -0.1) is 0 Å². The molecule has 4 rings (SSSR count). The molecule has 1 N–H and O–H groups in total. The third-order valence-electron chi connectivity index (χ3n) is 6.09. The number of aliphatic imine (C=N–C) groups is 1. The maximum atomic E-state index is 5.03. The van der Waals surface area contributed by atoms with Gasteiger partial charge in [0.25, 0.3) is 0 Å². The monoisotopic (exact) mass is 366 g/mol. The highest BCUT2D eigenvalue weighted by Crippen LogP contribution is 2.31. The average molecular weight is 367 g/mol. The molecule has 1 aromatic rings. The lowest BCUT2D eigenvalue weighted by atomic mass is 10.0. The van der Waals surface area contributed by atoms with Crippen LogP contribution in [0.25, 0.3) is 6.08 Å². The van der Waals surface area contributed by atoms with E-state index in [1.54, 1.807) is 5.57 Å². The van der Waals surface area contributed by atoms with Crippen LogP contribution in [0.3, 0.4) is 0 Å². The van der Waals surface area contributed by atoms with E-state index in [2.05, 4.69) is 58.4 Å². The van der Waals surface area contributed by atoms with Crippen LogP contribution >= 0.6 is 0 Å². The Bertz CT molecular complexity index is 652. The molecule has 1 aromatic carbocycles. The zero-order chi connectivity index (χ0) is 18.5. The highest BCUT2D eigenvalue weighted by atomic mass is 15.3. The Morgan fingerprint density at radius 3 is 2.59 bits per heavy atom. The van der Waals surface area contributed by atoms with E-state index in [9.17, 15) is 0 Å². The van der Waals surface area contributed by atoms with Crippen molar-refractivity contribution in [1.29, 1.82) is 0 Å². The predicted molar refractivity (Wildman–Crippen MR) is 114 cm³/mol. The summed E-state index contributed by atoms with van der Waals surface area (Å²) in [5.74, 6) is 1.87. The first-order valence-electron chi connectivity index (χ1n) is 10.8. The van der Waals surface area contributed by atoms with Gasteiger partial charge >= 0.3 is 0 Å². The van der Waals surface area contributed by atoms with E-state index in [1.165, 1.54) is 37.9 Å². The smallest absolute Gasteiger partial charge is 0.193 e. The second kappa shape index (κ2) is 8.92. The van der Waals surface area contributed by atoms with Gasteiger partial charge in [-0.1, -0.05) is 42.0 Å². The van der Waals surface area contributed by atoms with Crippen molar-refractivity contribution in [3.8, 4) is 0 Å². The van der Waals surface area contributed by atoms with Crippen molar-refractivity contribution in [2.75, 3.05) is 39.3 Å². The fourth-order valence-corrected chi connectivity index (χ4v) is 4.36. The molecule has 2 aliphatic heterocycles. The number of nitrogens with one attached hydrogen (secondary N) is 1. The summed E-state index contributed by atoms with van der Waals surface area (Å²) in [5.41, 5.74) is 2.88. The molecule has 1 saturated carbocycles. The molecule has 3 fully saturated rings. The molecule has 3 aliphatic rings. The van der Waals surface area contributed by atoms with E-state index in [0.29, 0.717) is 0 Å². The first-order valence-corrected chi connectivity index (χ1v) is 10.8. The molecule has 2 saturated heterocycles. The average Bonchev–Trinajstić information content (AvgIpc) is 3.45. The number of nitrogens with zero attached hydrogens (tertiary/aromatic N) is 3. The molecule has 4 heteroatoms. The number of piperidine rings is 1. The topological polar surface area (TPSA) is 30.9 Å². The summed E-state index contributed by atoms with van der Waals surface area (Å²) < 4.78 is 0. The summed E-state index contributed by atoms with van der Waals surface area (Å²) >= 11 is 0. The van der Waals surface area contributed by atoms with Crippen molar-refractivity contribution in [2.45, 2.75) is 45.1 Å². The van der Waals surface area contributed by atoms with Crippen LogP contribution in [-0.4, -0.2) is 61.1 Å². The van der Waals surface area contributed by atoms with Crippen molar-refractivity contribution in [3.63, 3.8) is 0 Å². The Labute approximate surface area is 164 Å². The van der Waals surface area contributed by atoms with Gasteiger partial charge in [-0.2, -0.15) is 0 Å². The van der Waals surface area contributed by atoms with Gasteiger partial charge < -0.3 is 15.1 Å². The van der Waals surface area contributed by atoms with Gasteiger partial charge in [0.15, 0.2) is 5.96 Å². The van der Waals surface area contributed by atoms with Crippen LogP contribution in [0.4, 0.5) is 0 Å². The highest BCUT2D eigenvalue weighted by Gasteiger charge is 2.34. The van der Waals surface area contributed by atoms with Crippen LogP contribution in [0.15, 0.2) is 40.9 Å². The molecule has 2 heterocycles. The van der Waals surface area contributed by atoms with Crippen molar-refractivity contribution in [3.05, 3.63) is 41.5 Å². The molecular weight excluding hydrogens is 332 g/mol. The standard InChI is InChI=1S/C23H34N4/c1-2-24-23(25-17-21-12-15-27(18-21)22-8-9-22)26-13-10-20(11-14-26)16-19-6-4-3-5-7-19/h3-7,16,21-22H,2,8-15,17-18H2,1H3,(H,24,25). The lowest BCUT2D eigenvalue weighted by Crippen LogP contribution is -2.44. The van der Waals surface area contributed by atoms with E-state index in [-0.39, 0.29) is 0 Å². The van der Waals surface area contributed by atoms with Crippen molar-refractivity contribution >= 4 is 12.0 Å². The summed E-state index contributed by atoms with van der Waals surface area (Å²) in [7, 11) is 0. The number of rotatable bonds is 5.